The van der Waals surface area contributed by atoms with Gasteiger partial charge in [-0.05, 0) is 40.6 Å². The first kappa shape index (κ1) is 16.5. The number of hydrogen-bond acceptors (Lipinski definition) is 4. The third-order valence-electron chi connectivity index (χ3n) is 4.18. The van der Waals surface area contributed by atoms with Crippen molar-refractivity contribution in [2.24, 2.45) is 5.10 Å². The minimum Gasteiger partial charge on any atom is -0.507 e. The molecule has 0 unspecified atom stereocenters. The molecule has 2 N–H and O–H groups in total. The van der Waals surface area contributed by atoms with Crippen LogP contribution in [-0.4, -0.2) is 26.8 Å². The molecule has 0 radical (unpaired) electrons. The van der Waals surface area contributed by atoms with Gasteiger partial charge in [-0.1, -0.05) is 36.4 Å². The van der Waals surface area contributed by atoms with Crippen LogP contribution in [0.5, 0.6) is 5.75 Å². The van der Waals surface area contributed by atoms with Gasteiger partial charge in [0.05, 0.1) is 18.1 Å². The molecule has 0 saturated heterocycles. The molecule has 0 fully saturated rings. The van der Waals surface area contributed by atoms with Crippen LogP contribution in [0.1, 0.15) is 15.9 Å². The van der Waals surface area contributed by atoms with E-state index in [0.717, 1.165) is 22.0 Å². The summed E-state index contributed by atoms with van der Waals surface area (Å²) in [5.41, 5.74) is 4.45. The lowest BCUT2D eigenvalue weighted by Gasteiger charge is -2.06. The van der Waals surface area contributed by atoms with E-state index >= 15 is 0 Å². The molecule has 1 amide bonds. The van der Waals surface area contributed by atoms with Gasteiger partial charge < -0.3 is 9.67 Å². The normalized spacial score (nSPS) is 11.1. The average Bonchev–Trinajstić information content (AvgIpc) is 3.22. The molecule has 6 nitrogen and oxygen atoms in total. The van der Waals surface area contributed by atoms with Crippen molar-refractivity contribution in [2.45, 2.75) is 0 Å². The topological polar surface area (TPSA) is 79.5 Å². The summed E-state index contributed by atoms with van der Waals surface area (Å²) in [4.78, 5) is 16.3. The molecular formula is C21H16N4O2. The minimum absolute atomic E-state index is 0.0777. The molecule has 0 aliphatic carbocycles. The van der Waals surface area contributed by atoms with E-state index in [-0.39, 0.29) is 11.3 Å². The fraction of sp³-hybridized carbons (Fsp3) is 0. The lowest BCUT2D eigenvalue weighted by Crippen LogP contribution is -2.17. The molecule has 1 heterocycles. The number of carbonyl (C=O) groups excluding carboxylic acids is 1. The number of hydrogen-bond donors (Lipinski definition) is 2. The monoisotopic (exact) mass is 356 g/mol. The zero-order valence-corrected chi connectivity index (χ0v) is 14.3. The SMILES string of the molecule is O=C(N/N=C/c1ccc(-n2ccnc2)cc1)c1cc2ccccc2cc1O. The smallest absolute Gasteiger partial charge is 0.275 e. The Kier molecular flexibility index (Phi) is 4.37. The summed E-state index contributed by atoms with van der Waals surface area (Å²) in [5.74, 6) is -0.546. The van der Waals surface area contributed by atoms with E-state index in [2.05, 4.69) is 15.5 Å². The van der Waals surface area contributed by atoms with Crippen molar-refractivity contribution in [1.82, 2.24) is 15.0 Å². The Bertz CT molecular complexity index is 1120. The van der Waals surface area contributed by atoms with Gasteiger partial charge in [-0.15, -0.1) is 0 Å². The molecule has 3 aromatic carbocycles. The first-order valence-corrected chi connectivity index (χ1v) is 8.34. The number of benzene rings is 3. The van der Waals surface area contributed by atoms with E-state index in [9.17, 15) is 9.90 Å². The molecule has 6 heteroatoms. The number of rotatable bonds is 4. The number of carbonyl (C=O) groups is 1. The van der Waals surface area contributed by atoms with Crippen molar-refractivity contribution in [1.29, 1.82) is 0 Å². The lowest BCUT2D eigenvalue weighted by molar-refractivity contribution is 0.0952. The van der Waals surface area contributed by atoms with Crippen LogP contribution >= 0.6 is 0 Å². The van der Waals surface area contributed by atoms with Crippen molar-refractivity contribution in [2.75, 3.05) is 0 Å². The molecule has 0 spiro atoms. The summed E-state index contributed by atoms with van der Waals surface area (Å²) >= 11 is 0. The zero-order valence-electron chi connectivity index (χ0n) is 14.3. The number of phenolic OH excluding ortho intramolecular Hbond substituents is 1. The Hall–Kier alpha value is -3.93. The summed E-state index contributed by atoms with van der Waals surface area (Å²) < 4.78 is 1.89. The summed E-state index contributed by atoms with van der Waals surface area (Å²) in [6.45, 7) is 0. The van der Waals surface area contributed by atoms with E-state index in [4.69, 9.17) is 0 Å². The second-order valence-corrected chi connectivity index (χ2v) is 5.98. The molecule has 0 saturated carbocycles. The van der Waals surface area contributed by atoms with Crippen molar-refractivity contribution in [3.8, 4) is 11.4 Å². The van der Waals surface area contributed by atoms with Crippen molar-refractivity contribution in [3.05, 3.63) is 90.5 Å². The third-order valence-corrected chi connectivity index (χ3v) is 4.18. The fourth-order valence-corrected chi connectivity index (χ4v) is 2.78. The van der Waals surface area contributed by atoms with Crippen molar-refractivity contribution >= 4 is 22.9 Å². The highest BCUT2D eigenvalue weighted by Crippen LogP contribution is 2.24. The number of amides is 1. The number of imidazole rings is 1. The molecule has 0 aliphatic rings. The van der Waals surface area contributed by atoms with E-state index < -0.39 is 5.91 Å². The van der Waals surface area contributed by atoms with Gasteiger partial charge >= 0.3 is 0 Å². The van der Waals surface area contributed by atoms with Gasteiger partial charge in [-0.3, -0.25) is 4.79 Å². The minimum atomic E-state index is -0.468. The van der Waals surface area contributed by atoms with Gasteiger partial charge in [0.1, 0.15) is 5.75 Å². The Morgan fingerprint density at radius 3 is 2.52 bits per heavy atom. The maximum atomic E-state index is 12.3. The largest absolute Gasteiger partial charge is 0.507 e. The molecule has 27 heavy (non-hydrogen) atoms. The van der Waals surface area contributed by atoms with Crippen molar-refractivity contribution < 1.29 is 9.90 Å². The van der Waals surface area contributed by atoms with Crippen LogP contribution < -0.4 is 5.43 Å². The quantitative estimate of drug-likeness (QED) is 0.434. The van der Waals surface area contributed by atoms with E-state index in [1.54, 1.807) is 30.9 Å². The van der Waals surface area contributed by atoms with Gasteiger partial charge in [-0.2, -0.15) is 5.10 Å². The van der Waals surface area contributed by atoms with Gasteiger partial charge in [-0.25, -0.2) is 10.4 Å². The predicted octanol–water partition coefficient (Wildman–Crippen LogP) is 3.50. The first-order chi connectivity index (χ1) is 13.2. The number of phenols is 1. The summed E-state index contributed by atoms with van der Waals surface area (Å²) in [5, 5.41) is 15.8. The summed E-state index contributed by atoms with van der Waals surface area (Å²) in [6.07, 6.45) is 6.85. The number of aromatic hydroxyl groups is 1. The van der Waals surface area contributed by atoms with Crippen LogP contribution in [0.15, 0.2) is 84.5 Å². The van der Waals surface area contributed by atoms with E-state index in [1.807, 2.05) is 59.3 Å². The Morgan fingerprint density at radius 1 is 1.07 bits per heavy atom. The second kappa shape index (κ2) is 7.13. The first-order valence-electron chi connectivity index (χ1n) is 8.34. The van der Waals surface area contributed by atoms with Crippen LogP contribution in [-0.2, 0) is 0 Å². The van der Waals surface area contributed by atoms with Crippen molar-refractivity contribution in [3.63, 3.8) is 0 Å². The molecule has 4 aromatic rings. The molecule has 1 aromatic heterocycles. The van der Waals surface area contributed by atoms with Crippen LogP contribution in [0.2, 0.25) is 0 Å². The Labute approximate surface area is 155 Å². The van der Waals surface area contributed by atoms with Crippen LogP contribution in [0.25, 0.3) is 16.5 Å². The zero-order chi connectivity index (χ0) is 18.6. The highest BCUT2D eigenvalue weighted by Gasteiger charge is 2.11. The second-order valence-electron chi connectivity index (χ2n) is 5.98. The summed E-state index contributed by atoms with van der Waals surface area (Å²) in [7, 11) is 0. The number of fused-ring (bicyclic) bond motifs is 1. The maximum absolute atomic E-state index is 12.3. The third kappa shape index (κ3) is 3.55. The number of nitrogens with zero attached hydrogens (tertiary/aromatic N) is 3. The standard InChI is InChI=1S/C21H16N4O2/c26-20-12-17-4-2-1-3-16(17)11-19(20)21(27)24-23-13-15-5-7-18(8-6-15)25-10-9-22-14-25/h1-14,26H,(H,24,27)/b23-13+. The maximum Gasteiger partial charge on any atom is 0.275 e. The van der Waals surface area contributed by atoms with Crippen LogP contribution in [0.4, 0.5) is 0 Å². The van der Waals surface area contributed by atoms with Gasteiger partial charge in [0.2, 0.25) is 0 Å². The summed E-state index contributed by atoms with van der Waals surface area (Å²) in [6, 6.07) is 18.4. The number of hydrazone groups is 1. The van der Waals surface area contributed by atoms with Gasteiger partial charge in [0.25, 0.3) is 5.91 Å². The molecule has 132 valence electrons. The lowest BCUT2D eigenvalue weighted by atomic mass is 10.1. The number of nitrogens with one attached hydrogen (secondary N) is 1. The molecule has 0 aliphatic heterocycles. The molecule has 0 bridgehead atoms. The van der Waals surface area contributed by atoms with Crippen LogP contribution in [0, 0.1) is 0 Å². The Balaban J connectivity index is 1.46. The number of aromatic nitrogens is 2. The molecule has 4 rings (SSSR count). The highest BCUT2D eigenvalue weighted by molar-refractivity contribution is 6.01. The van der Waals surface area contributed by atoms with Gasteiger partial charge in [0, 0.05) is 18.1 Å². The average molecular weight is 356 g/mol. The van der Waals surface area contributed by atoms with E-state index in [1.165, 1.54) is 0 Å². The van der Waals surface area contributed by atoms with E-state index in [0.29, 0.717) is 0 Å². The van der Waals surface area contributed by atoms with Crippen LogP contribution in [0.3, 0.4) is 0 Å². The molecular weight excluding hydrogens is 340 g/mol. The predicted molar refractivity (Wildman–Crippen MR) is 104 cm³/mol. The fourth-order valence-electron chi connectivity index (χ4n) is 2.78. The highest BCUT2D eigenvalue weighted by atomic mass is 16.3. The Morgan fingerprint density at radius 2 is 1.81 bits per heavy atom. The van der Waals surface area contributed by atoms with Gasteiger partial charge in [0.15, 0.2) is 0 Å². The molecule has 0 atom stereocenters.